The van der Waals surface area contributed by atoms with Gasteiger partial charge in [0.1, 0.15) is 5.75 Å². The van der Waals surface area contributed by atoms with E-state index in [1.807, 2.05) is 38.1 Å². The van der Waals surface area contributed by atoms with Crippen molar-refractivity contribution in [2.24, 2.45) is 0 Å². The molecule has 2 rings (SSSR count). The van der Waals surface area contributed by atoms with Crippen molar-refractivity contribution in [3.63, 3.8) is 0 Å². The van der Waals surface area contributed by atoms with E-state index in [-0.39, 0.29) is 17.8 Å². The van der Waals surface area contributed by atoms with Crippen LogP contribution >= 0.6 is 11.8 Å². The molecule has 0 saturated heterocycles. The summed E-state index contributed by atoms with van der Waals surface area (Å²) in [5.41, 5.74) is 0.763. The lowest BCUT2D eigenvalue weighted by molar-refractivity contribution is -0.144. The number of nitrogens with zero attached hydrogens (tertiary/aromatic N) is 4. The van der Waals surface area contributed by atoms with Gasteiger partial charge >= 0.3 is 5.97 Å². The fraction of sp³-hybridized carbons (Fsp3) is 0.385. The Morgan fingerprint density at radius 1 is 1.43 bits per heavy atom. The molecule has 0 amide bonds. The second-order valence-corrected chi connectivity index (χ2v) is 5.34. The molecule has 0 aliphatic heterocycles. The Morgan fingerprint density at radius 3 is 2.95 bits per heavy atom. The summed E-state index contributed by atoms with van der Waals surface area (Å²) in [5.74, 6) is 0.566. The third kappa shape index (κ3) is 4.19. The number of thioether (sulfide) groups is 1. The first-order chi connectivity index (χ1) is 10.1. The van der Waals surface area contributed by atoms with E-state index in [9.17, 15) is 4.79 Å². The van der Waals surface area contributed by atoms with Crippen LogP contribution in [0.2, 0.25) is 0 Å². The van der Waals surface area contributed by atoms with Crippen molar-refractivity contribution in [1.29, 1.82) is 0 Å². The molecule has 0 aliphatic rings. The molecule has 0 bridgehead atoms. The number of carbonyl (C=O) groups is 1. The lowest BCUT2D eigenvalue weighted by atomic mass is 10.3. The fourth-order valence-corrected chi connectivity index (χ4v) is 2.27. The molecule has 7 nitrogen and oxygen atoms in total. The summed E-state index contributed by atoms with van der Waals surface area (Å²) in [6.07, 6.45) is -0.132. The molecule has 0 aliphatic carbocycles. The van der Waals surface area contributed by atoms with Gasteiger partial charge in [0.05, 0.1) is 24.7 Å². The smallest absolute Gasteiger partial charge is 0.316 e. The number of rotatable bonds is 6. The molecule has 1 aromatic carbocycles. The maximum atomic E-state index is 11.6. The lowest BCUT2D eigenvalue weighted by Crippen LogP contribution is -2.13. The maximum Gasteiger partial charge on any atom is 0.316 e. The quantitative estimate of drug-likeness (QED) is 0.593. The molecule has 0 N–H and O–H groups in total. The van der Waals surface area contributed by atoms with Gasteiger partial charge in [-0.05, 0) is 36.4 Å². The highest BCUT2D eigenvalue weighted by molar-refractivity contribution is 7.99. The van der Waals surface area contributed by atoms with Gasteiger partial charge < -0.3 is 9.47 Å². The van der Waals surface area contributed by atoms with Crippen molar-refractivity contribution >= 4 is 17.7 Å². The molecule has 0 radical (unpaired) electrons. The van der Waals surface area contributed by atoms with Crippen LogP contribution in [0, 0.1) is 0 Å². The first-order valence-electron chi connectivity index (χ1n) is 6.35. The normalized spacial score (nSPS) is 10.7. The van der Waals surface area contributed by atoms with Gasteiger partial charge in [-0.3, -0.25) is 4.79 Å². The standard InChI is InChI=1S/C13H16N4O3S/c1-9(2)20-12(18)8-21-13-14-15-16-17(13)10-5-4-6-11(7-10)19-3/h4-7,9H,8H2,1-3H3. The minimum Gasteiger partial charge on any atom is -0.497 e. The van der Waals surface area contributed by atoms with E-state index < -0.39 is 0 Å². The van der Waals surface area contributed by atoms with E-state index in [0.717, 1.165) is 5.69 Å². The Labute approximate surface area is 126 Å². The minimum absolute atomic E-state index is 0.132. The van der Waals surface area contributed by atoms with Gasteiger partial charge in [-0.15, -0.1) is 5.10 Å². The first kappa shape index (κ1) is 15.3. The van der Waals surface area contributed by atoms with Crippen LogP contribution in [-0.4, -0.2) is 45.1 Å². The van der Waals surface area contributed by atoms with E-state index in [4.69, 9.17) is 9.47 Å². The van der Waals surface area contributed by atoms with Gasteiger partial charge in [-0.25, -0.2) is 0 Å². The molecule has 2 aromatic rings. The molecule has 0 unspecified atom stereocenters. The zero-order chi connectivity index (χ0) is 15.2. The van der Waals surface area contributed by atoms with Crippen molar-refractivity contribution in [3.8, 4) is 11.4 Å². The summed E-state index contributed by atoms with van der Waals surface area (Å²) in [6.45, 7) is 3.62. The predicted octanol–water partition coefficient (Wildman–Crippen LogP) is 1.71. The third-order valence-corrected chi connectivity index (χ3v) is 3.32. The molecular formula is C13H16N4O3S. The van der Waals surface area contributed by atoms with Crippen LogP contribution in [0.4, 0.5) is 0 Å². The van der Waals surface area contributed by atoms with Crippen molar-refractivity contribution in [1.82, 2.24) is 20.2 Å². The number of tetrazole rings is 1. The second-order valence-electron chi connectivity index (χ2n) is 4.40. The Balaban J connectivity index is 2.09. The molecule has 21 heavy (non-hydrogen) atoms. The molecule has 0 fully saturated rings. The highest BCUT2D eigenvalue weighted by Crippen LogP contribution is 2.21. The third-order valence-electron chi connectivity index (χ3n) is 2.43. The van der Waals surface area contributed by atoms with Crippen LogP contribution in [0.1, 0.15) is 13.8 Å². The fourth-order valence-electron chi connectivity index (χ4n) is 1.59. The molecule has 1 heterocycles. The van der Waals surface area contributed by atoms with Gasteiger partial charge in [0.15, 0.2) is 0 Å². The molecule has 8 heteroatoms. The monoisotopic (exact) mass is 308 g/mol. The van der Waals surface area contributed by atoms with Crippen LogP contribution < -0.4 is 4.74 Å². The average molecular weight is 308 g/mol. The van der Waals surface area contributed by atoms with Gasteiger partial charge in [0.25, 0.3) is 0 Å². The van der Waals surface area contributed by atoms with Crippen LogP contribution in [0.25, 0.3) is 5.69 Å². The summed E-state index contributed by atoms with van der Waals surface area (Å²) in [4.78, 5) is 11.6. The molecule has 0 atom stereocenters. The summed E-state index contributed by atoms with van der Waals surface area (Å²) in [6, 6.07) is 7.35. The van der Waals surface area contributed by atoms with E-state index >= 15 is 0 Å². The van der Waals surface area contributed by atoms with Crippen molar-refractivity contribution < 1.29 is 14.3 Å². The molecule has 112 valence electrons. The van der Waals surface area contributed by atoms with Crippen LogP contribution in [-0.2, 0) is 9.53 Å². The number of aromatic nitrogens is 4. The zero-order valence-corrected chi connectivity index (χ0v) is 12.8. The number of benzene rings is 1. The van der Waals surface area contributed by atoms with Crippen molar-refractivity contribution in [2.75, 3.05) is 12.9 Å². The molecule has 0 spiro atoms. The van der Waals surface area contributed by atoms with Gasteiger partial charge in [0, 0.05) is 6.07 Å². The largest absolute Gasteiger partial charge is 0.497 e. The van der Waals surface area contributed by atoms with Crippen LogP contribution in [0.5, 0.6) is 5.75 Å². The van der Waals surface area contributed by atoms with E-state index in [1.165, 1.54) is 11.8 Å². The maximum absolute atomic E-state index is 11.6. The van der Waals surface area contributed by atoms with Gasteiger partial charge in [0.2, 0.25) is 5.16 Å². The minimum atomic E-state index is -0.296. The topological polar surface area (TPSA) is 79.1 Å². The summed E-state index contributed by atoms with van der Waals surface area (Å²) < 4.78 is 11.8. The van der Waals surface area contributed by atoms with Crippen molar-refractivity contribution in [3.05, 3.63) is 24.3 Å². The highest BCUT2D eigenvalue weighted by atomic mass is 32.2. The summed E-state index contributed by atoms with van der Waals surface area (Å²) in [7, 11) is 1.59. The summed E-state index contributed by atoms with van der Waals surface area (Å²) >= 11 is 1.22. The summed E-state index contributed by atoms with van der Waals surface area (Å²) in [5, 5.41) is 12.0. The Kier molecular flexibility index (Phi) is 5.15. The number of ether oxygens (including phenoxy) is 2. The van der Waals surface area contributed by atoms with Gasteiger partial charge in [-0.1, -0.05) is 17.8 Å². The second kappa shape index (κ2) is 7.07. The number of hydrogen-bond donors (Lipinski definition) is 0. The van der Waals surface area contributed by atoms with E-state index in [2.05, 4.69) is 15.5 Å². The molecule has 1 aromatic heterocycles. The van der Waals surface area contributed by atoms with Crippen LogP contribution in [0.15, 0.2) is 29.4 Å². The van der Waals surface area contributed by atoms with Gasteiger partial charge in [-0.2, -0.15) is 4.68 Å². The Hall–Kier alpha value is -2.09. The predicted molar refractivity (Wildman–Crippen MR) is 77.7 cm³/mol. The SMILES string of the molecule is COc1cccc(-n2nnnc2SCC(=O)OC(C)C)c1. The molecular weight excluding hydrogens is 292 g/mol. The number of methoxy groups -OCH3 is 1. The van der Waals surface area contributed by atoms with Crippen LogP contribution in [0.3, 0.4) is 0 Å². The Bertz CT molecular complexity index is 615. The van der Waals surface area contributed by atoms with Crippen molar-refractivity contribution in [2.45, 2.75) is 25.1 Å². The number of carbonyl (C=O) groups excluding carboxylic acids is 1. The number of hydrogen-bond acceptors (Lipinski definition) is 7. The number of esters is 1. The lowest BCUT2D eigenvalue weighted by Gasteiger charge is -2.08. The average Bonchev–Trinajstić information content (AvgIpc) is 2.93. The molecule has 0 saturated carbocycles. The van der Waals surface area contributed by atoms with E-state index in [0.29, 0.717) is 10.9 Å². The Morgan fingerprint density at radius 2 is 2.24 bits per heavy atom. The highest BCUT2D eigenvalue weighted by Gasteiger charge is 2.13. The van der Waals surface area contributed by atoms with E-state index in [1.54, 1.807) is 11.8 Å². The first-order valence-corrected chi connectivity index (χ1v) is 7.34. The zero-order valence-electron chi connectivity index (χ0n) is 12.0.